The molecule has 0 atom stereocenters. The first kappa shape index (κ1) is 16.4. The summed E-state index contributed by atoms with van der Waals surface area (Å²) in [6.45, 7) is 9.54. The number of fused-ring (bicyclic) bond motifs is 1. The molecular weight excluding hydrogens is 266 g/mol. The van der Waals surface area contributed by atoms with Crippen LogP contribution in [0.4, 0.5) is 0 Å². The number of hydrogen-bond acceptors (Lipinski definition) is 3. The number of nitrogens with zero attached hydrogens (tertiary/aromatic N) is 1. The van der Waals surface area contributed by atoms with Gasteiger partial charge in [0.05, 0.1) is 10.9 Å². The highest BCUT2D eigenvalue weighted by atomic mass is 16.5. The minimum absolute atomic E-state index is 0.204. The van der Waals surface area contributed by atoms with Gasteiger partial charge >= 0.3 is 5.97 Å². The Balaban J connectivity index is 0.00000106. The Morgan fingerprint density at radius 2 is 2.10 bits per heavy atom. The molecular formula is C17H19NO3. The van der Waals surface area contributed by atoms with E-state index in [1.807, 2.05) is 32.9 Å². The van der Waals surface area contributed by atoms with Crippen LogP contribution >= 0.6 is 0 Å². The maximum atomic E-state index is 11.0. The van der Waals surface area contributed by atoms with Crippen molar-refractivity contribution in [2.24, 2.45) is 0 Å². The minimum Gasteiger partial charge on any atom is -0.478 e. The van der Waals surface area contributed by atoms with E-state index in [1.54, 1.807) is 24.3 Å². The van der Waals surface area contributed by atoms with Crippen LogP contribution in [0.5, 0.6) is 0 Å². The van der Waals surface area contributed by atoms with E-state index in [9.17, 15) is 4.79 Å². The molecule has 21 heavy (non-hydrogen) atoms. The zero-order chi connectivity index (χ0) is 15.8. The normalized spacial score (nSPS) is 11.3. The van der Waals surface area contributed by atoms with Gasteiger partial charge in [0.15, 0.2) is 5.76 Å². The van der Waals surface area contributed by atoms with Crippen molar-refractivity contribution in [1.29, 1.82) is 0 Å². The molecule has 1 heterocycles. The predicted octanol–water partition coefficient (Wildman–Crippen LogP) is 4.70. The van der Waals surface area contributed by atoms with Crippen LogP contribution in [0.1, 0.15) is 36.9 Å². The maximum absolute atomic E-state index is 11.0. The smallest absolute Gasteiger partial charge is 0.335 e. The second-order valence-electron chi connectivity index (χ2n) is 3.91. The van der Waals surface area contributed by atoms with Crippen LogP contribution in [0, 0.1) is 0 Å². The van der Waals surface area contributed by atoms with E-state index in [-0.39, 0.29) is 5.56 Å². The van der Waals surface area contributed by atoms with Crippen molar-refractivity contribution in [3.8, 4) is 0 Å². The van der Waals surface area contributed by atoms with Crippen molar-refractivity contribution in [3.63, 3.8) is 0 Å². The molecule has 0 unspecified atom stereocenters. The first-order valence-electron chi connectivity index (χ1n) is 6.76. The predicted molar refractivity (Wildman–Crippen MR) is 85.3 cm³/mol. The van der Waals surface area contributed by atoms with Gasteiger partial charge in [-0.15, -0.1) is 0 Å². The fourth-order valence-electron chi connectivity index (χ4n) is 1.80. The Morgan fingerprint density at radius 1 is 1.38 bits per heavy atom. The molecule has 2 aromatic rings. The molecule has 0 aliphatic heterocycles. The number of aromatic carboxylic acids is 1. The molecule has 0 aliphatic carbocycles. The second-order valence-corrected chi connectivity index (χ2v) is 3.91. The van der Waals surface area contributed by atoms with Crippen LogP contribution < -0.4 is 0 Å². The molecule has 1 aromatic heterocycles. The first-order valence-corrected chi connectivity index (χ1v) is 6.76. The Morgan fingerprint density at radius 3 is 2.67 bits per heavy atom. The molecule has 0 amide bonds. The van der Waals surface area contributed by atoms with Crippen LogP contribution in [0.2, 0.25) is 0 Å². The lowest BCUT2D eigenvalue weighted by molar-refractivity contribution is 0.0697. The third-order valence-electron chi connectivity index (χ3n) is 2.63. The lowest BCUT2D eigenvalue weighted by Crippen LogP contribution is -1.95. The minimum atomic E-state index is -0.977. The number of carboxylic acids is 1. The molecule has 4 nitrogen and oxygen atoms in total. The van der Waals surface area contributed by atoms with Crippen molar-refractivity contribution in [2.45, 2.75) is 20.8 Å². The van der Waals surface area contributed by atoms with Gasteiger partial charge in [0.2, 0.25) is 0 Å². The van der Waals surface area contributed by atoms with Gasteiger partial charge in [-0.3, -0.25) is 0 Å². The van der Waals surface area contributed by atoms with E-state index >= 15 is 0 Å². The molecule has 4 heteroatoms. The van der Waals surface area contributed by atoms with E-state index < -0.39 is 5.97 Å². The van der Waals surface area contributed by atoms with Gasteiger partial charge in [0, 0.05) is 5.57 Å². The molecule has 2 rings (SSSR count). The third-order valence-corrected chi connectivity index (χ3v) is 2.63. The van der Waals surface area contributed by atoms with Gasteiger partial charge in [-0.25, -0.2) is 4.79 Å². The second kappa shape index (κ2) is 7.85. The number of aromatic nitrogens is 1. The van der Waals surface area contributed by atoms with Gasteiger partial charge in [0.25, 0.3) is 0 Å². The monoisotopic (exact) mass is 285 g/mol. The van der Waals surface area contributed by atoms with Gasteiger partial charge in [0.1, 0.15) is 5.52 Å². The summed E-state index contributed by atoms with van der Waals surface area (Å²) in [5.74, 6) is -0.439. The van der Waals surface area contributed by atoms with E-state index in [0.29, 0.717) is 16.7 Å². The fraction of sp³-hybridized carbons (Fsp3) is 0.176. The van der Waals surface area contributed by atoms with Crippen LogP contribution in [0.15, 0.2) is 53.6 Å². The molecule has 1 N–H and O–H groups in total. The van der Waals surface area contributed by atoms with E-state index in [4.69, 9.17) is 9.63 Å². The summed E-state index contributed by atoms with van der Waals surface area (Å²) >= 11 is 0. The molecule has 0 bridgehead atoms. The number of carboxylic acid groups (broad SMARTS) is 1. The van der Waals surface area contributed by atoms with E-state index in [1.165, 1.54) is 6.07 Å². The highest BCUT2D eigenvalue weighted by molar-refractivity contribution is 5.97. The standard InChI is InChI=1S/C15H13NO3.C2H6/c1-3-5-10(6-4-2)14-12-9-11(15(17)18)7-8-13(12)16-19-14;1-2/h3-9H,1H2,2H3,(H,17,18);1-2H3/b6-4-,10-5+;. The summed E-state index contributed by atoms with van der Waals surface area (Å²) in [7, 11) is 0. The number of hydrogen-bond donors (Lipinski definition) is 1. The molecule has 1 aromatic carbocycles. The van der Waals surface area contributed by atoms with Crippen molar-refractivity contribution in [1.82, 2.24) is 5.16 Å². The number of benzene rings is 1. The average Bonchev–Trinajstić information content (AvgIpc) is 2.92. The van der Waals surface area contributed by atoms with Crippen molar-refractivity contribution < 1.29 is 14.4 Å². The van der Waals surface area contributed by atoms with Gasteiger partial charge in [-0.2, -0.15) is 0 Å². The number of allylic oxidation sites excluding steroid dienone is 5. The summed E-state index contributed by atoms with van der Waals surface area (Å²) in [6.07, 6.45) is 7.15. The number of carbonyl (C=O) groups is 1. The van der Waals surface area contributed by atoms with E-state index in [2.05, 4.69) is 11.7 Å². The topological polar surface area (TPSA) is 63.3 Å². The van der Waals surface area contributed by atoms with Gasteiger partial charge < -0.3 is 9.63 Å². The zero-order valence-corrected chi connectivity index (χ0v) is 12.5. The first-order chi connectivity index (χ1) is 10.2. The van der Waals surface area contributed by atoms with Crippen molar-refractivity contribution in [3.05, 3.63) is 60.4 Å². The molecule has 0 saturated heterocycles. The average molecular weight is 285 g/mol. The lowest BCUT2D eigenvalue weighted by atomic mass is 10.1. The Labute approximate surface area is 124 Å². The molecule has 0 spiro atoms. The quantitative estimate of drug-likeness (QED) is 0.827. The third kappa shape index (κ3) is 3.69. The van der Waals surface area contributed by atoms with Gasteiger partial charge in [-0.05, 0) is 25.1 Å². The molecule has 0 aliphatic rings. The Hall–Kier alpha value is -2.62. The summed E-state index contributed by atoms with van der Waals surface area (Å²) in [6, 6.07) is 4.69. The van der Waals surface area contributed by atoms with Crippen LogP contribution in [0.3, 0.4) is 0 Å². The zero-order valence-electron chi connectivity index (χ0n) is 12.5. The molecule has 0 saturated carbocycles. The Kier molecular flexibility index (Phi) is 6.14. The highest BCUT2D eigenvalue weighted by Crippen LogP contribution is 2.27. The lowest BCUT2D eigenvalue weighted by Gasteiger charge is -1.98. The van der Waals surface area contributed by atoms with Crippen LogP contribution in [-0.2, 0) is 0 Å². The maximum Gasteiger partial charge on any atom is 0.335 e. The SMILES string of the molecule is C=C/C=C(\C=C/C)c1onc2ccc(C(=O)O)cc12.CC. The summed E-state index contributed by atoms with van der Waals surface area (Å²) in [5.41, 5.74) is 1.62. The van der Waals surface area contributed by atoms with Crippen LogP contribution in [-0.4, -0.2) is 16.2 Å². The summed E-state index contributed by atoms with van der Waals surface area (Å²) < 4.78 is 5.31. The molecule has 0 radical (unpaired) electrons. The molecule has 110 valence electrons. The van der Waals surface area contributed by atoms with Crippen molar-refractivity contribution >= 4 is 22.4 Å². The van der Waals surface area contributed by atoms with Gasteiger partial charge in [-0.1, -0.05) is 49.9 Å². The molecule has 0 fully saturated rings. The van der Waals surface area contributed by atoms with Crippen molar-refractivity contribution in [2.75, 3.05) is 0 Å². The van der Waals surface area contributed by atoms with Crippen LogP contribution in [0.25, 0.3) is 16.5 Å². The fourth-order valence-corrected chi connectivity index (χ4v) is 1.80. The number of rotatable bonds is 4. The largest absolute Gasteiger partial charge is 0.478 e. The summed E-state index contributed by atoms with van der Waals surface area (Å²) in [5, 5.41) is 13.6. The van der Waals surface area contributed by atoms with E-state index in [0.717, 1.165) is 5.57 Å². The Bertz CT molecular complexity index is 693. The summed E-state index contributed by atoms with van der Waals surface area (Å²) in [4.78, 5) is 11.0. The highest BCUT2D eigenvalue weighted by Gasteiger charge is 2.13.